The predicted octanol–water partition coefficient (Wildman–Crippen LogP) is 1.97. The van der Waals surface area contributed by atoms with Gasteiger partial charge in [0.05, 0.1) is 0 Å². The van der Waals surface area contributed by atoms with Crippen LogP contribution < -0.4 is 16.2 Å². The second kappa shape index (κ2) is 4.07. The molecule has 0 radical (unpaired) electrons. The summed E-state index contributed by atoms with van der Waals surface area (Å²) in [7, 11) is 0. The van der Waals surface area contributed by atoms with Gasteiger partial charge in [-0.15, -0.1) is 0 Å². The first kappa shape index (κ1) is 10.1. The first-order chi connectivity index (χ1) is 7.83. The van der Waals surface area contributed by atoms with Gasteiger partial charge in [-0.05, 0) is 43.4 Å². The normalized spacial score (nSPS) is 28.6. The van der Waals surface area contributed by atoms with Crippen molar-refractivity contribution in [3.05, 3.63) is 29.3 Å². The number of hydrogen-bond acceptors (Lipinski definition) is 3. The van der Waals surface area contributed by atoms with Gasteiger partial charge in [0, 0.05) is 24.3 Å². The van der Waals surface area contributed by atoms with E-state index < -0.39 is 0 Å². The van der Waals surface area contributed by atoms with Crippen molar-refractivity contribution in [3.63, 3.8) is 0 Å². The van der Waals surface area contributed by atoms with E-state index in [2.05, 4.69) is 41.3 Å². The van der Waals surface area contributed by atoms with E-state index in [1.807, 2.05) is 0 Å². The van der Waals surface area contributed by atoms with Crippen molar-refractivity contribution in [3.8, 4) is 0 Å². The van der Waals surface area contributed by atoms with Crippen molar-refractivity contribution in [2.45, 2.75) is 38.3 Å². The van der Waals surface area contributed by atoms with E-state index in [9.17, 15) is 0 Å². The summed E-state index contributed by atoms with van der Waals surface area (Å²) in [6.45, 7) is 3.33. The van der Waals surface area contributed by atoms with Crippen LogP contribution in [0.25, 0.3) is 0 Å². The fraction of sp³-hybridized carbons (Fsp3) is 0.538. The average molecular weight is 217 g/mol. The lowest BCUT2D eigenvalue weighted by atomic mass is 9.96. The van der Waals surface area contributed by atoms with Crippen molar-refractivity contribution >= 4 is 5.69 Å². The van der Waals surface area contributed by atoms with E-state index in [1.165, 1.54) is 36.1 Å². The molecule has 2 aliphatic heterocycles. The Balaban J connectivity index is 1.85. The molecule has 2 aliphatic rings. The molecule has 0 saturated carbocycles. The summed E-state index contributed by atoms with van der Waals surface area (Å²) in [5, 5.41) is 3.45. The van der Waals surface area contributed by atoms with Crippen LogP contribution in [0.15, 0.2) is 18.2 Å². The van der Waals surface area contributed by atoms with Crippen LogP contribution in [0.2, 0.25) is 0 Å². The van der Waals surface area contributed by atoms with Crippen molar-refractivity contribution in [1.82, 2.24) is 10.9 Å². The van der Waals surface area contributed by atoms with Gasteiger partial charge in [-0.25, -0.2) is 0 Å². The SMILES string of the molecule is CC1CC(c2ccc3c(c2)CCCN3)NN1. The van der Waals surface area contributed by atoms with E-state index >= 15 is 0 Å². The van der Waals surface area contributed by atoms with Gasteiger partial charge in [-0.1, -0.05) is 12.1 Å². The maximum atomic E-state index is 3.45. The molecule has 86 valence electrons. The van der Waals surface area contributed by atoms with Gasteiger partial charge in [-0.2, -0.15) is 0 Å². The van der Waals surface area contributed by atoms with E-state index in [-0.39, 0.29) is 0 Å². The molecule has 2 unspecified atom stereocenters. The first-order valence-electron chi connectivity index (χ1n) is 6.21. The zero-order chi connectivity index (χ0) is 11.0. The highest BCUT2D eigenvalue weighted by atomic mass is 15.4. The van der Waals surface area contributed by atoms with Crippen LogP contribution in [0.1, 0.15) is 36.9 Å². The Labute approximate surface area is 96.6 Å². The fourth-order valence-electron chi connectivity index (χ4n) is 2.65. The zero-order valence-corrected chi connectivity index (χ0v) is 9.72. The van der Waals surface area contributed by atoms with Gasteiger partial charge < -0.3 is 5.32 Å². The monoisotopic (exact) mass is 217 g/mol. The molecule has 2 atom stereocenters. The van der Waals surface area contributed by atoms with Crippen molar-refractivity contribution in [2.24, 2.45) is 0 Å². The largest absolute Gasteiger partial charge is 0.385 e. The molecular formula is C13H19N3. The Morgan fingerprint density at radius 1 is 1.25 bits per heavy atom. The fourth-order valence-corrected chi connectivity index (χ4v) is 2.65. The summed E-state index contributed by atoms with van der Waals surface area (Å²) >= 11 is 0. The molecule has 1 fully saturated rings. The Bertz CT molecular complexity index is 389. The van der Waals surface area contributed by atoms with Crippen LogP contribution in [0.3, 0.4) is 0 Å². The topological polar surface area (TPSA) is 36.1 Å². The van der Waals surface area contributed by atoms with Crippen LogP contribution >= 0.6 is 0 Å². The number of aryl methyl sites for hydroxylation is 1. The second-order valence-corrected chi connectivity index (χ2v) is 4.92. The number of rotatable bonds is 1. The summed E-state index contributed by atoms with van der Waals surface area (Å²) in [6.07, 6.45) is 3.64. The zero-order valence-electron chi connectivity index (χ0n) is 9.72. The van der Waals surface area contributed by atoms with Crippen molar-refractivity contribution in [2.75, 3.05) is 11.9 Å². The molecular weight excluding hydrogens is 198 g/mol. The number of nitrogens with one attached hydrogen (secondary N) is 3. The van der Waals surface area contributed by atoms with Crippen LogP contribution in [-0.4, -0.2) is 12.6 Å². The van der Waals surface area contributed by atoms with Gasteiger partial charge >= 0.3 is 0 Å². The van der Waals surface area contributed by atoms with Crippen LogP contribution in [0, 0.1) is 0 Å². The minimum atomic E-state index is 0.474. The van der Waals surface area contributed by atoms with Crippen molar-refractivity contribution < 1.29 is 0 Å². The summed E-state index contributed by atoms with van der Waals surface area (Å²) in [6, 6.07) is 7.88. The smallest absolute Gasteiger partial charge is 0.0477 e. The Morgan fingerprint density at radius 2 is 2.19 bits per heavy atom. The highest BCUT2D eigenvalue weighted by Crippen LogP contribution is 2.28. The lowest BCUT2D eigenvalue weighted by molar-refractivity contribution is 0.560. The molecule has 0 amide bonds. The Morgan fingerprint density at radius 3 is 3.00 bits per heavy atom. The Kier molecular flexibility index (Phi) is 2.58. The lowest BCUT2D eigenvalue weighted by Gasteiger charge is -2.20. The molecule has 2 heterocycles. The molecule has 3 nitrogen and oxygen atoms in total. The van der Waals surface area contributed by atoms with Gasteiger partial charge in [0.15, 0.2) is 0 Å². The molecule has 0 aromatic heterocycles. The quantitative estimate of drug-likeness (QED) is 0.673. The maximum absolute atomic E-state index is 3.45. The third-order valence-corrected chi connectivity index (χ3v) is 3.56. The summed E-state index contributed by atoms with van der Waals surface area (Å²) in [5.41, 5.74) is 10.9. The summed E-state index contributed by atoms with van der Waals surface area (Å²) in [5.74, 6) is 0. The van der Waals surface area contributed by atoms with Crippen molar-refractivity contribution in [1.29, 1.82) is 0 Å². The molecule has 1 aromatic carbocycles. The number of fused-ring (bicyclic) bond motifs is 1. The summed E-state index contributed by atoms with van der Waals surface area (Å²) < 4.78 is 0. The molecule has 1 aromatic rings. The molecule has 0 spiro atoms. The number of hydrazine groups is 1. The van der Waals surface area contributed by atoms with Gasteiger partial charge in [0.2, 0.25) is 0 Å². The van der Waals surface area contributed by atoms with Gasteiger partial charge in [0.1, 0.15) is 0 Å². The van der Waals surface area contributed by atoms with E-state index in [4.69, 9.17) is 0 Å². The predicted molar refractivity (Wildman–Crippen MR) is 66.3 cm³/mol. The highest BCUT2D eigenvalue weighted by Gasteiger charge is 2.22. The van der Waals surface area contributed by atoms with Gasteiger partial charge in [-0.3, -0.25) is 10.9 Å². The molecule has 3 N–H and O–H groups in total. The maximum Gasteiger partial charge on any atom is 0.0477 e. The molecule has 1 saturated heterocycles. The number of hydrogen-bond donors (Lipinski definition) is 3. The molecule has 16 heavy (non-hydrogen) atoms. The lowest BCUT2D eigenvalue weighted by Crippen LogP contribution is -2.29. The third-order valence-electron chi connectivity index (χ3n) is 3.56. The third kappa shape index (κ3) is 1.81. The standard InChI is InChI=1S/C13H19N3/c1-9-7-13(16-15-9)11-4-5-12-10(8-11)3-2-6-14-12/h4-5,8-9,13-16H,2-3,6-7H2,1H3. The van der Waals surface area contributed by atoms with Crippen LogP contribution in [0.4, 0.5) is 5.69 Å². The molecule has 3 heteroatoms. The first-order valence-corrected chi connectivity index (χ1v) is 6.21. The minimum Gasteiger partial charge on any atom is -0.385 e. The minimum absolute atomic E-state index is 0.474. The molecule has 0 aliphatic carbocycles. The highest BCUT2D eigenvalue weighted by molar-refractivity contribution is 5.54. The molecule has 0 bridgehead atoms. The van der Waals surface area contributed by atoms with E-state index in [0.29, 0.717) is 12.1 Å². The van der Waals surface area contributed by atoms with Crippen LogP contribution in [0.5, 0.6) is 0 Å². The van der Waals surface area contributed by atoms with E-state index in [0.717, 1.165) is 6.54 Å². The second-order valence-electron chi connectivity index (χ2n) is 4.92. The van der Waals surface area contributed by atoms with Crippen LogP contribution in [-0.2, 0) is 6.42 Å². The number of benzene rings is 1. The average Bonchev–Trinajstić information content (AvgIpc) is 2.75. The summed E-state index contributed by atoms with van der Waals surface area (Å²) in [4.78, 5) is 0. The Hall–Kier alpha value is -1.06. The van der Waals surface area contributed by atoms with Gasteiger partial charge in [0.25, 0.3) is 0 Å². The molecule has 3 rings (SSSR count). The van der Waals surface area contributed by atoms with E-state index in [1.54, 1.807) is 0 Å². The number of anilines is 1.